The van der Waals surface area contributed by atoms with Crippen molar-refractivity contribution in [2.45, 2.75) is 19.9 Å². The molecular formula is C13H16BrClN4O. The zero-order valence-corrected chi connectivity index (χ0v) is 13.8. The smallest absolute Gasteiger partial charge is 0.242 e. The summed E-state index contributed by atoms with van der Waals surface area (Å²) in [5, 5.41) is 0. The van der Waals surface area contributed by atoms with E-state index in [1.165, 1.54) is 0 Å². The van der Waals surface area contributed by atoms with Crippen LogP contribution < -0.4 is 0 Å². The molecule has 108 valence electrons. The van der Waals surface area contributed by atoms with E-state index < -0.39 is 0 Å². The Morgan fingerprint density at radius 3 is 2.95 bits per heavy atom. The Morgan fingerprint density at radius 1 is 1.55 bits per heavy atom. The van der Waals surface area contributed by atoms with E-state index in [1.807, 2.05) is 17.6 Å². The van der Waals surface area contributed by atoms with Gasteiger partial charge in [0.2, 0.25) is 5.91 Å². The summed E-state index contributed by atoms with van der Waals surface area (Å²) in [6.45, 7) is 2.86. The van der Waals surface area contributed by atoms with Gasteiger partial charge < -0.3 is 9.47 Å². The van der Waals surface area contributed by atoms with Crippen LogP contribution in [0.15, 0.2) is 16.7 Å². The fraction of sp³-hybridized carbons (Fsp3) is 0.462. The van der Waals surface area contributed by atoms with Crippen LogP contribution >= 0.6 is 27.5 Å². The van der Waals surface area contributed by atoms with E-state index in [2.05, 4.69) is 25.9 Å². The molecule has 0 spiro atoms. The van der Waals surface area contributed by atoms with Crippen LogP contribution in [0.4, 0.5) is 0 Å². The number of hydrogen-bond donors (Lipinski definition) is 0. The van der Waals surface area contributed by atoms with Crippen molar-refractivity contribution in [1.29, 1.82) is 0 Å². The zero-order valence-electron chi connectivity index (χ0n) is 11.4. The number of imidazole rings is 1. The molecule has 2 rings (SSSR count). The highest BCUT2D eigenvalue weighted by Crippen LogP contribution is 2.19. The number of fused-ring (bicyclic) bond motifs is 1. The lowest BCUT2D eigenvalue weighted by Crippen LogP contribution is -2.30. The van der Waals surface area contributed by atoms with Crippen molar-refractivity contribution in [3.63, 3.8) is 0 Å². The van der Waals surface area contributed by atoms with E-state index in [9.17, 15) is 4.79 Å². The Hall–Kier alpha value is -1.14. The van der Waals surface area contributed by atoms with Crippen molar-refractivity contribution in [3.05, 3.63) is 22.6 Å². The molecule has 2 aromatic heterocycles. The second-order valence-electron chi connectivity index (χ2n) is 4.46. The summed E-state index contributed by atoms with van der Waals surface area (Å²) >= 11 is 9.19. The predicted molar refractivity (Wildman–Crippen MR) is 83.0 cm³/mol. The second kappa shape index (κ2) is 6.54. The third-order valence-corrected chi connectivity index (χ3v) is 3.76. The summed E-state index contributed by atoms with van der Waals surface area (Å²) in [5.41, 5.74) is 1.48. The minimum Gasteiger partial charge on any atom is -0.344 e. The van der Waals surface area contributed by atoms with Gasteiger partial charge in [0.15, 0.2) is 5.65 Å². The monoisotopic (exact) mass is 358 g/mol. The molecule has 0 aliphatic carbocycles. The van der Waals surface area contributed by atoms with Crippen LogP contribution in [0.25, 0.3) is 11.2 Å². The van der Waals surface area contributed by atoms with Gasteiger partial charge in [-0.2, -0.15) is 0 Å². The molecule has 2 heterocycles. The number of rotatable bonds is 5. The topological polar surface area (TPSA) is 51.0 Å². The quantitative estimate of drug-likeness (QED) is 0.771. The number of likely N-dealkylation sites (N-methyl/N-ethyl adjacent to an activating group) is 1. The summed E-state index contributed by atoms with van der Waals surface area (Å²) in [4.78, 5) is 22.7. The maximum atomic E-state index is 12.1. The highest BCUT2D eigenvalue weighted by atomic mass is 79.9. The number of hydrogen-bond acceptors (Lipinski definition) is 3. The Bertz CT molecular complexity index is 628. The lowest BCUT2D eigenvalue weighted by molar-refractivity contribution is -0.130. The second-order valence-corrected chi connectivity index (χ2v) is 5.75. The number of halogens is 2. The van der Waals surface area contributed by atoms with Crippen molar-refractivity contribution in [2.24, 2.45) is 0 Å². The van der Waals surface area contributed by atoms with Gasteiger partial charge in [-0.25, -0.2) is 9.97 Å². The molecule has 0 N–H and O–H groups in total. The molecular weight excluding hydrogens is 344 g/mol. The number of aromatic nitrogens is 3. The van der Waals surface area contributed by atoms with Crippen molar-refractivity contribution in [1.82, 2.24) is 19.4 Å². The van der Waals surface area contributed by atoms with Gasteiger partial charge in [-0.05, 0) is 28.9 Å². The molecule has 0 bridgehead atoms. The van der Waals surface area contributed by atoms with E-state index >= 15 is 0 Å². The van der Waals surface area contributed by atoms with Crippen LogP contribution in [-0.4, -0.2) is 44.8 Å². The largest absolute Gasteiger partial charge is 0.344 e. The number of carbonyl (C=O) groups excluding carboxylic acids is 1. The molecule has 7 heteroatoms. The number of carbonyl (C=O) groups is 1. The first-order valence-electron chi connectivity index (χ1n) is 6.37. The zero-order chi connectivity index (χ0) is 14.7. The molecule has 0 radical (unpaired) electrons. The highest BCUT2D eigenvalue weighted by Gasteiger charge is 2.16. The Labute approximate surface area is 131 Å². The molecule has 0 aromatic carbocycles. The maximum Gasteiger partial charge on any atom is 0.242 e. The van der Waals surface area contributed by atoms with Crippen LogP contribution in [-0.2, 0) is 17.8 Å². The number of pyridine rings is 1. The Morgan fingerprint density at radius 2 is 2.30 bits per heavy atom. The fourth-order valence-electron chi connectivity index (χ4n) is 1.91. The molecule has 2 aromatic rings. The van der Waals surface area contributed by atoms with Gasteiger partial charge in [-0.15, -0.1) is 11.6 Å². The van der Waals surface area contributed by atoms with Gasteiger partial charge in [0.05, 0.1) is 0 Å². The first-order valence-corrected chi connectivity index (χ1v) is 7.70. The lowest BCUT2D eigenvalue weighted by atomic mass is 10.4. The van der Waals surface area contributed by atoms with Crippen LogP contribution in [0, 0.1) is 0 Å². The standard InChI is InChI=1S/C13H16BrClN4O/c1-3-18(2)12(20)8-19-11(4-5-15)17-10-6-9(14)7-16-13(10)19/h6-7H,3-5,8H2,1-2H3. The molecule has 20 heavy (non-hydrogen) atoms. The first-order chi connectivity index (χ1) is 9.56. The Kier molecular flexibility index (Phi) is 4.99. The van der Waals surface area contributed by atoms with E-state index in [0.717, 1.165) is 15.8 Å². The van der Waals surface area contributed by atoms with Gasteiger partial charge in [-0.1, -0.05) is 0 Å². The highest BCUT2D eigenvalue weighted by molar-refractivity contribution is 9.10. The van der Waals surface area contributed by atoms with E-state index in [0.29, 0.717) is 24.5 Å². The summed E-state index contributed by atoms with van der Waals surface area (Å²) in [6.07, 6.45) is 2.32. The number of aryl methyl sites for hydroxylation is 1. The first kappa shape index (κ1) is 15.3. The number of alkyl halides is 1. The SMILES string of the molecule is CCN(C)C(=O)Cn1c(CCCl)nc2cc(Br)cnc21. The molecule has 0 aliphatic heterocycles. The molecule has 0 saturated heterocycles. The molecule has 0 aliphatic rings. The molecule has 0 saturated carbocycles. The van der Waals surface area contributed by atoms with Gasteiger partial charge in [0.25, 0.3) is 0 Å². The van der Waals surface area contributed by atoms with Crippen LogP contribution in [0.2, 0.25) is 0 Å². The van der Waals surface area contributed by atoms with Gasteiger partial charge in [-0.3, -0.25) is 4.79 Å². The third-order valence-electron chi connectivity index (χ3n) is 3.14. The van der Waals surface area contributed by atoms with Gasteiger partial charge in [0, 0.05) is 36.6 Å². The van der Waals surface area contributed by atoms with Crippen LogP contribution in [0.5, 0.6) is 0 Å². The Balaban J connectivity index is 2.43. The lowest BCUT2D eigenvalue weighted by Gasteiger charge is -2.16. The average Bonchev–Trinajstić information content (AvgIpc) is 2.75. The van der Waals surface area contributed by atoms with E-state index in [1.54, 1.807) is 18.1 Å². The summed E-state index contributed by atoms with van der Waals surface area (Å²) in [6, 6.07) is 1.89. The van der Waals surface area contributed by atoms with Crippen molar-refractivity contribution >= 4 is 44.6 Å². The molecule has 0 atom stereocenters. The number of nitrogens with zero attached hydrogens (tertiary/aromatic N) is 4. The maximum absolute atomic E-state index is 12.1. The molecule has 0 unspecified atom stereocenters. The molecule has 5 nitrogen and oxygen atoms in total. The van der Waals surface area contributed by atoms with E-state index in [4.69, 9.17) is 11.6 Å². The van der Waals surface area contributed by atoms with E-state index in [-0.39, 0.29) is 12.5 Å². The number of amides is 1. The van der Waals surface area contributed by atoms with Crippen molar-refractivity contribution in [3.8, 4) is 0 Å². The minimum absolute atomic E-state index is 0.0346. The summed E-state index contributed by atoms with van der Waals surface area (Å²) in [7, 11) is 1.78. The van der Waals surface area contributed by atoms with Gasteiger partial charge in [0.1, 0.15) is 17.9 Å². The fourth-order valence-corrected chi connectivity index (χ4v) is 2.40. The third kappa shape index (κ3) is 3.12. The van der Waals surface area contributed by atoms with Crippen LogP contribution in [0.3, 0.4) is 0 Å². The average molecular weight is 360 g/mol. The molecule has 1 amide bonds. The summed E-state index contributed by atoms with van der Waals surface area (Å²) in [5.74, 6) is 1.29. The van der Waals surface area contributed by atoms with Crippen molar-refractivity contribution in [2.75, 3.05) is 19.5 Å². The van der Waals surface area contributed by atoms with Crippen molar-refractivity contribution < 1.29 is 4.79 Å². The predicted octanol–water partition coefficient (Wildman–Crippen LogP) is 2.45. The van der Waals surface area contributed by atoms with Crippen LogP contribution in [0.1, 0.15) is 12.7 Å². The van der Waals surface area contributed by atoms with Gasteiger partial charge >= 0.3 is 0 Å². The minimum atomic E-state index is 0.0346. The summed E-state index contributed by atoms with van der Waals surface area (Å²) < 4.78 is 2.71. The normalized spacial score (nSPS) is 11.0. The molecule has 0 fully saturated rings.